The number of fused-ring (bicyclic) bond motifs is 1. The van der Waals surface area contributed by atoms with Gasteiger partial charge >= 0.3 is 5.97 Å². The van der Waals surface area contributed by atoms with Crippen LogP contribution in [0.5, 0.6) is 0 Å². The van der Waals surface area contributed by atoms with Crippen molar-refractivity contribution >= 4 is 11.8 Å². The van der Waals surface area contributed by atoms with E-state index in [1.54, 1.807) is 22.8 Å². The van der Waals surface area contributed by atoms with Gasteiger partial charge in [0.05, 0.1) is 17.9 Å². The molecule has 0 radical (unpaired) electrons. The molecule has 3 rings (SSSR count). The number of carbonyl (C=O) groups excluding carboxylic acids is 1. The van der Waals surface area contributed by atoms with Crippen molar-refractivity contribution in [1.29, 1.82) is 0 Å². The fourth-order valence-electron chi connectivity index (χ4n) is 2.61. The fourth-order valence-corrected chi connectivity index (χ4v) is 2.61. The lowest BCUT2D eigenvalue weighted by Gasteiger charge is -2.04. The number of ketones is 1. The Labute approximate surface area is 109 Å². The summed E-state index contributed by atoms with van der Waals surface area (Å²) in [5.41, 5.74) is 1.98. The number of hydrogen-bond donors (Lipinski definition) is 1. The van der Waals surface area contributed by atoms with Crippen LogP contribution in [0.4, 0.5) is 0 Å². The van der Waals surface area contributed by atoms with Gasteiger partial charge < -0.3 is 14.1 Å². The van der Waals surface area contributed by atoms with Crippen LogP contribution in [0.15, 0.2) is 28.9 Å². The number of furan rings is 1. The summed E-state index contributed by atoms with van der Waals surface area (Å²) in [6.45, 7) is 2.37. The van der Waals surface area contributed by atoms with Crippen LogP contribution >= 0.6 is 0 Å². The molecule has 0 spiro atoms. The van der Waals surface area contributed by atoms with Crippen molar-refractivity contribution in [1.82, 2.24) is 4.57 Å². The summed E-state index contributed by atoms with van der Waals surface area (Å²) in [6.07, 6.45) is 2.01. The topological polar surface area (TPSA) is 72.4 Å². The second kappa shape index (κ2) is 4.12. The lowest BCUT2D eigenvalue weighted by molar-refractivity contribution is -0.138. The number of aromatic nitrogens is 1. The third-order valence-corrected chi connectivity index (χ3v) is 3.61. The Morgan fingerprint density at radius 1 is 1.37 bits per heavy atom. The zero-order valence-corrected chi connectivity index (χ0v) is 10.4. The van der Waals surface area contributed by atoms with E-state index in [0.29, 0.717) is 30.1 Å². The largest absolute Gasteiger partial charge is 0.481 e. The van der Waals surface area contributed by atoms with Crippen LogP contribution in [0.1, 0.15) is 39.8 Å². The molecule has 1 aliphatic rings. The molecule has 98 valence electrons. The molecule has 5 heteroatoms. The maximum absolute atomic E-state index is 12.4. The van der Waals surface area contributed by atoms with Crippen LogP contribution in [0.25, 0.3) is 0 Å². The molecule has 0 amide bonds. The normalized spacial score (nSPS) is 17.4. The van der Waals surface area contributed by atoms with Gasteiger partial charge in [-0.2, -0.15) is 0 Å². The summed E-state index contributed by atoms with van der Waals surface area (Å²) in [6, 6.07) is 5.13. The molecule has 19 heavy (non-hydrogen) atoms. The lowest BCUT2D eigenvalue weighted by atomic mass is 10.1. The van der Waals surface area contributed by atoms with E-state index >= 15 is 0 Å². The van der Waals surface area contributed by atoms with E-state index < -0.39 is 11.9 Å². The maximum atomic E-state index is 12.4. The Morgan fingerprint density at radius 2 is 2.16 bits per heavy atom. The molecule has 0 saturated heterocycles. The van der Waals surface area contributed by atoms with E-state index in [2.05, 4.69) is 0 Å². The predicted octanol–water partition coefficient (Wildman–Crippen LogP) is 2.19. The fraction of sp³-hybridized carbons (Fsp3) is 0.286. The first-order valence-corrected chi connectivity index (χ1v) is 6.10. The second-order valence-corrected chi connectivity index (χ2v) is 4.74. The summed E-state index contributed by atoms with van der Waals surface area (Å²) < 4.78 is 6.99. The second-order valence-electron chi connectivity index (χ2n) is 4.74. The Hall–Kier alpha value is -2.30. The minimum atomic E-state index is -0.843. The Kier molecular flexibility index (Phi) is 2.55. The Balaban J connectivity index is 2.01. The highest BCUT2D eigenvalue weighted by molar-refractivity contribution is 6.07. The number of rotatable bonds is 3. The standard InChI is InChI=1S/C14H13NO4/c1-8-5-7-19-13(8)12(16)11-3-2-10-9(14(17)18)4-6-15(10)11/h2-3,5,7,9H,4,6H2,1H3,(H,17,18). The van der Waals surface area contributed by atoms with E-state index in [0.717, 1.165) is 5.56 Å². The van der Waals surface area contributed by atoms with Crippen LogP contribution in [0.3, 0.4) is 0 Å². The minimum Gasteiger partial charge on any atom is -0.481 e. The highest BCUT2D eigenvalue weighted by Crippen LogP contribution is 2.31. The third kappa shape index (κ3) is 1.69. The summed E-state index contributed by atoms with van der Waals surface area (Å²) >= 11 is 0. The van der Waals surface area contributed by atoms with Crippen LogP contribution in [-0.2, 0) is 11.3 Å². The number of carboxylic acids is 1. The summed E-state index contributed by atoms with van der Waals surface area (Å²) in [5, 5.41) is 9.12. The highest BCUT2D eigenvalue weighted by atomic mass is 16.4. The van der Waals surface area contributed by atoms with Crippen LogP contribution in [-0.4, -0.2) is 21.4 Å². The van der Waals surface area contributed by atoms with Crippen molar-refractivity contribution in [2.24, 2.45) is 0 Å². The molecule has 0 bridgehead atoms. The molecule has 3 heterocycles. The average molecular weight is 259 g/mol. The third-order valence-electron chi connectivity index (χ3n) is 3.61. The molecule has 1 unspecified atom stereocenters. The van der Waals surface area contributed by atoms with Gasteiger partial charge in [0.1, 0.15) is 0 Å². The monoisotopic (exact) mass is 259 g/mol. The van der Waals surface area contributed by atoms with Crippen molar-refractivity contribution in [3.8, 4) is 0 Å². The number of nitrogens with zero attached hydrogens (tertiary/aromatic N) is 1. The molecule has 0 aromatic carbocycles. The van der Waals surface area contributed by atoms with Gasteiger partial charge in [-0.15, -0.1) is 0 Å². The van der Waals surface area contributed by atoms with Gasteiger partial charge in [-0.1, -0.05) is 0 Å². The molecular formula is C14H13NO4. The zero-order chi connectivity index (χ0) is 13.6. The van der Waals surface area contributed by atoms with E-state index in [1.807, 2.05) is 6.92 Å². The van der Waals surface area contributed by atoms with Crippen molar-refractivity contribution in [3.63, 3.8) is 0 Å². The number of aryl methyl sites for hydroxylation is 1. The van der Waals surface area contributed by atoms with Crippen molar-refractivity contribution < 1.29 is 19.1 Å². The SMILES string of the molecule is Cc1ccoc1C(=O)c1ccc2n1CCC2C(=O)O. The molecule has 5 nitrogen and oxygen atoms in total. The van der Waals surface area contributed by atoms with E-state index in [9.17, 15) is 9.59 Å². The molecule has 0 saturated carbocycles. The first kappa shape index (κ1) is 11.8. The Morgan fingerprint density at radius 3 is 2.79 bits per heavy atom. The summed E-state index contributed by atoms with van der Waals surface area (Å²) in [7, 11) is 0. The molecule has 2 aromatic heterocycles. The molecule has 0 aliphatic carbocycles. The van der Waals surface area contributed by atoms with Crippen LogP contribution in [0, 0.1) is 6.92 Å². The summed E-state index contributed by atoms with van der Waals surface area (Å²) in [5.74, 6) is -1.23. The van der Waals surface area contributed by atoms with E-state index in [1.165, 1.54) is 6.26 Å². The summed E-state index contributed by atoms with van der Waals surface area (Å²) in [4.78, 5) is 23.5. The first-order chi connectivity index (χ1) is 9.09. The van der Waals surface area contributed by atoms with Gasteiger partial charge in [-0.25, -0.2) is 0 Å². The molecule has 1 atom stereocenters. The average Bonchev–Trinajstić information content (AvgIpc) is 3.01. The minimum absolute atomic E-state index is 0.195. The predicted molar refractivity (Wildman–Crippen MR) is 66.3 cm³/mol. The van der Waals surface area contributed by atoms with Gasteiger partial charge in [0.25, 0.3) is 0 Å². The van der Waals surface area contributed by atoms with E-state index in [-0.39, 0.29) is 5.78 Å². The number of carboxylic acid groups (broad SMARTS) is 1. The molecule has 2 aromatic rings. The molecule has 1 aliphatic heterocycles. The maximum Gasteiger partial charge on any atom is 0.312 e. The quantitative estimate of drug-likeness (QED) is 0.857. The van der Waals surface area contributed by atoms with Gasteiger partial charge in [-0.3, -0.25) is 9.59 Å². The van der Waals surface area contributed by atoms with Gasteiger partial charge in [0.15, 0.2) is 5.76 Å². The molecule has 0 fully saturated rings. The number of hydrogen-bond acceptors (Lipinski definition) is 3. The van der Waals surface area contributed by atoms with Crippen molar-refractivity contribution in [2.75, 3.05) is 0 Å². The Bertz CT molecular complexity index is 665. The first-order valence-electron chi connectivity index (χ1n) is 6.10. The zero-order valence-electron chi connectivity index (χ0n) is 10.4. The number of aliphatic carboxylic acids is 1. The number of carbonyl (C=O) groups is 2. The van der Waals surface area contributed by atoms with Gasteiger partial charge in [-0.05, 0) is 37.1 Å². The lowest BCUT2D eigenvalue weighted by Crippen LogP contribution is -2.10. The smallest absolute Gasteiger partial charge is 0.312 e. The van der Waals surface area contributed by atoms with Crippen LogP contribution in [0.2, 0.25) is 0 Å². The van der Waals surface area contributed by atoms with Crippen molar-refractivity contribution in [3.05, 3.63) is 47.2 Å². The van der Waals surface area contributed by atoms with Crippen LogP contribution < -0.4 is 0 Å². The highest BCUT2D eigenvalue weighted by Gasteiger charge is 2.32. The molecule has 1 N–H and O–H groups in total. The van der Waals surface area contributed by atoms with Gasteiger partial charge in [0, 0.05) is 12.2 Å². The van der Waals surface area contributed by atoms with Gasteiger partial charge in [0.2, 0.25) is 5.78 Å². The van der Waals surface area contributed by atoms with E-state index in [4.69, 9.17) is 9.52 Å². The van der Waals surface area contributed by atoms with Crippen molar-refractivity contribution in [2.45, 2.75) is 25.8 Å². The molecular weight excluding hydrogens is 246 g/mol.